The van der Waals surface area contributed by atoms with Crippen molar-refractivity contribution in [1.29, 1.82) is 0 Å². The number of carboxylic acids is 1. The average molecular weight is 304 g/mol. The third kappa shape index (κ3) is 4.06. The highest BCUT2D eigenvalue weighted by atomic mass is 32.1. The van der Waals surface area contributed by atoms with Gasteiger partial charge in [0.2, 0.25) is 0 Å². The van der Waals surface area contributed by atoms with E-state index in [0.717, 1.165) is 4.88 Å². The zero-order chi connectivity index (χ0) is 15.2. The molecule has 0 aliphatic rings. The van der Waals surface area contributed by atoms with Gasteiger partial charge in [-0.2, -0.15) is 0 Å². The molecule has 0 aliphatic carbocycles. The van der Waals surface area contributed by atoms with E-state index in [0.29, 0.717) is 12.1 Å². The van der Waals surface area contributed by atoms with Gasteiger partial charge in [0.25, 0.3) is 0 Å². The number of urea groups is 1. The average Bonchev–Trinajstić information content (AvgIpc) is 2.98. The van der Waals surface area contributed by atoms with Gasteiger partial charge in [0.15, 0.2) is 6.04 Å². The molecule has 0 aliphatic heterocycles. The highest BCUT2D eigenvalue weighted by Crippen LogP contribution is 2.14. The van der Waals surface area contributed by atoms with Crippen molar-refractivity contribution in [1.82, 2.24) is 10.2 Å². The summed E-state index contributed by atoms with van der Waals surface area (Å²) in [4.78, 5) is 26.0. The smallest absolute Gasteiger partial charge is 0.330 e. The Hall–Kier alpha value is -2.34. The molecule has 5 nitrogen and oxygen atoms in total. The number of hydrogen-bond acceptors (Lipinski definition) is 3. The van der Waals surface area contributed by atoms with Crippen molar-refractivity contribution in [2.45, 2.75) is 12.6 Å². The van der Waals surface area contributed by atoms with Crippen LogP contribution >= 0.6 is 11.3 Å². The van der Waals surface area contributed by atoms with E-state index < -0.39 is 18.0 Å². The van der Waals surface area contributed by atoms with Gasteiger partial charge >= 0.3 is 12.0 Å². The number of carbonyl (C=O) groups is 2. The molecule has 1 unspecified atom stereocenters. The first-order valence-electron chi connectivity index (χ1n) is 6.39. The van der Waals surface area contributed by atoms with Gasteiger partial charge in [0.1, 0.15) is 0 Å². The number of hydrogen-bond donors (Lipinski definition) is 2. The molecule has 1 heterocycles. The van der Waals surface area contributed by atoms with Crippen molar-refractivity contribution in [3.05, 3.63) is 58.3 Å². The number of amides is 2. The van der Waals surface area contributed by atoms with E-state index in [-0.39, 0.29) is 0 Å². The van der Waals surface area contributed by atoms with Crippen molar-refractivity contribution >= 4 is 23.3 Å². The largest absolute Gasteiger partial charge is 0.479 e. The molecule has 2 rings (SSSR count). The van der Waals surface area contributed by atoms with E-state index >= 15 is 0 Å². The van der Waals surface area contributed by atoms with Crippen molar-refractivity contribution in [3.63, 3.8) is 0 Å². The van der Waals surface area contributed by atoms with E-state index in [1.807, 2.05) is 17.5 Å². The number of nitrogens with zero attached hydrogens (tertiary/aromatic N) is 1. The van der Waals surface area contributed by atoms with Gasteiger partial charge in [-0.15, -0.1) is 11.3 Å². The van der Waals surface area contributed by atoms with Crippen LogP contribution in [0, 0.1) is 0 Å². The number of benzene rings is 1. The number of rotatable bonds is 5. The van der Waals surface area contributed by atoms with Crippen molar-refractivity contribution in [2.24, 2.45) is 0 Å². The fourth-order valence-electron chi connectivity index (χ4n) is 1.87. The lowest BCUT2D eigenvalue weighted by Crippen LogP contribution is -2.41. The quantitative estimate of drug-likeness (QED) is 0.892. The summed E-state index contributed by atoms with van der Waals surface area (Å²) in [5.41, 5.74) is 0.544. The Labute approximate surface area is 126 Å². The third-order valence-corrected chi connectivity index (χ3v) is 3.83. The van der Waals surface area contributed by atoms with Gasteiger partial charge in [-0.1, -0.05) is 36.4 Å². The number of aliphatic carboxylic acids is 1. The minimum absolute atomic E-state index is 0.417. The van der Waals surface area contributed by atoms with Crippen LogP contribution in [0.2, 0.25) is 0 Å². The molecule has 2 N–H and O–H groups in total. The molecular formula is C15H16N2O3S. The van der Waals surface area contributed by atoms with Crippen molar-refractivity contribution in [2.75, 3.05) is 7.05 Å². The molecule has 110 valence electrons. The number of thiophene rings is 1. The highest BCUT2D eigenvalue weighted by Gasteiger charge is 2.23. The molecule has 0 saturated carbocycles. The lowest BCUT2D eigenvalue weighted by atomic mass is 10.1. The maximum absolute atomic E-state index is 12.1. The van der Waals surface area contributed by atoms with Gasteiger partial charge in [-0.25, -0.2) is 9.59 Å². The lowest BCUT2D eigenvalue weighted by Gasteiger charge is -2.21. The summed E-state index contributed by atoms with van der Waals surface area (Å²) in [5, 5.41) is 13.8. The summed E-state index contributed by atoms with van der Waals surface area (Å²) >= 11 is 1.55. The molecule has 0 fully saturated rings. The standard InChI is InChI=1S/C15H16N2O3S/c1-17(10-12-8-5-9-21-12)15(20)16-13(14(18)19)11-6-3-2-4-7-11/h2-9,13H,10H2,1H3,(H,16,20)(H,18,19). The summed E-state index contributed by atoms with van der Waals surface area (Å²) in [7, 11) is 1.64. The fraction of sp³-hybridized carbons (Fsp3) is 0.200. The van der Waals surface area contributed by atoms with E-state index in [4.69, 9.17) is 0 Å². The number of nitrogens with one attached hydrogen (secondary N) is 1. The second-order valence-electron chi connectivity index (χ2n) is 4.57. The van der Waals surface area contributed by atoms with Crippen LogP contribution in [0.25, 0.3) is 0 Å². The Morgan fingerprint density at radius 2 is 1.95 bits per heavy atom. The maximum Gasteiger partial charge on any atom is 0.330 e. The molecule has 6 heteroatoms. The second kappa shape index (κ2) is 6.90. The van der Waals surface area contributed by atoms with Crippen LogP contribution in [-0.4, -0.2) is 29.1 Å². The maximum atomic E-state index is 12.1. The van der Waals surface area contributed by atoms with Crippen LogP contribution in [-0.2, 0) is 11.3 Å². The summed E-state index contributed by atoms with van der Waals surface area (Å²) in [5.74, 6) is -1.08. The first kappa shape index (κ1) is 15.1. The van der Waals surface area contributed by atoms with Gasteiger partial charge in [0.05, 0.1) is 6.54 Å². The molecule has 2 aromatic rings. The first-order valence-corrected chi connectivity index (χ1v) is 7.27. The highest BCUT2D eigenvalue weighted by molar-refractivity contribution is 7.09. The summed E-state index contributed by atoms with van der Waals surface area (Å²) in [6, 6.07) is 11.0. The Kier molecular flexibility index (Phi) is 4.94. The minimum Gasteiger partial charge on any atom is -0.479 e. The molecule has 1 aromatic carbocycles. The molecule has 0 radical (unpaired) electrons. The molecule has 1 atom stereocenters. The van der Waals surface area contributed by atoms with Gasteiger partial charge < -0.3 is 15.3 Å². The van der Waals surface area contributed by atoms with E-state index in [9.17, 15) is 14.7 Å². The predicted molar refractivity (Wildman–Crippen MR) is 81.1 cm³/mol. The van der Waals surface area contributed by atoms with Crippen LogP contribution in [0.1, 0.15) is 16.5 Å². The molecule has 0 spiro atoms. The molecule has 1 aromatic heterocycles. The fourth-order valence-corrected chi connectivity index (χ4v) is 2.63. The van der Waals surface area contributed by atoms with E-state index in [1.165, 1.54) is 4.90 Å². The monoisotopic (exact) mass is 304 g/mol. The second-order valence-corrected chi connectivity index (χ2v) is 5.60. The molecule has 0 saturated heterocycles. The van der Waals surface area contributed by atoms with Crippen molar-refractivity contribution in [3.8, 4) is 0 Å². The van der Waals surface area contributed by atoms with Crippen LogP contribution in [0.4, 0.5) is 4.79 Å². The molecule has 0 bridgehead atoms. The van der Waals surface area contributed by atoms with Crippen molar-refractivity contribution < 1.29 is 14.7 Å². The Bertz CT molecular complexity index is 599. The Balaban J connectivity index is 2.03. The third-order valence-electron chi connectivity index (χ3n) is 2.97. The van der Waals surface area contributed by atoms with Gasteiger partial charge in [0, 0.05) is 11.9 Å². The normalized spacial score (nSPS) is 11.7. The molecule has 21 heavy (non-hydrogen) atoms. The number of carboxylic acid groups (broad SMARTS) is 1. The zero-order valence-corrected chi connectivity index (χ0v) is 12.3. The molecular weight excluding hydrogens is 288 g/mol. The minimum atomic E-state index is -1.08. The van der Waals surface area contributed by atoms with E-state index in [2.05, 4.69) is 5.32 Å². The Morgan fingerprint density at radius 1 is 1.24 bits per heavy atom. The van der Waals surface area contributed by atoms with Gasteiger partial charge in [-0.3, -0.25) is 0 Å². The topological polar surface area (TPSA) is 69.6 Å². The van der Waals surface area contributed by atoms with E-state index in [1.54, 1.807) is 48.7 Å². The van der Waals surface area contributed by atoms with Crippen LogP contribution in [0.15, 0.2) is 47.8 Å². The SMILES string of the molecule is CN(Cc1cccs1)C(=O)NC(C(=O)O)c1ccccc1. The summed E-state index contributed by atoms with van der Waals surface area (Å²) < 4.78 is 0. The summed E-state index contributed by atoms with van der Waals surface area (Å²) in [6.45, 7) is 0.449. The van der Waals surface area contributed by atoms with Crippen LogP contribution < -0.4 is 5.32 Å². The lowest BCUT2D eigenvalue weighted by molar-refractivity contribution is -0.139. The first-order chi connectivity index (χ1) is 10.1. The van der Waals surface area contributed by atoms with Gasteiger partial charge in [-0.05, 0) is 17.0 Å². The van der Waals surface area contributed by atoms with Crippen LogP contribution in [0.3, 0.4) is 0 Å². The molecule has 2 amide bonds. The number of carbonyl (C=O) groups excluding carboxylic acids is 1. The Morgan fingerprint density at radius 3 is 2.52 bits per heavy atom. The predicted octanol–water partition coefficient (Wildman–Crippen LogP) is 2.72. The zero-order valence-electron chi connectivity index (χ0n) is 11.5. The summed E-state index contributed by atoms with van der Waals surface area (Å²) in [6.07, 6.45) is 0. The van der Waals surface area contributed by atoms with Crippen LogP contribution in [0.5, 0.6) is 0 Å².